The number of carbonyl (C=O) groups is 2. The molecule has 0 radical (unpaired) electrons. The summed E-state index contributed by atoms with van der Waals surface area (Å²) >= 11 is 0. The molecule has 134 valence electrons. The highest BCUT2D eigenvalue weighted by Gasteiger charge is 2.12. The van der Waals surface area contributed by atoms with E-state index in [1.165, 1.54) is 12.1 Å². The van der Waals surface area contributed by atoms with E-state index in [0.29, 0.717) is 16.7 Å². The molecule has 2 aromatic carbocycles. The molecule has 0 aliphatic carbocycles. The zero-order chi connectivity index (χ0) is 18.7. The molecule has 3 N–H and O–H groups in total. The number of aromatic nitrogens is 1. The number of hydrogen-bond acceptors (Lipinski definition) is 3. The van der Waals surface area contributed by atoms with Crippen molar-refractivity contribution in [2.75, 3.05) is 6.61 Å². The van der Waals surface area contributed by atoms with Crippen molar-refractivity contribution >= 4 is 22.7 Å². The Morgan fingerprint density at radius 3 is 2.50 bits per heavy atom. The number of hydrazine groups is 1. The number of halogens is 1. The molecule has 7 heteroatoms. The van der Waals surface area contributed by atoms with Gasteiger partial charge in [0.15, 0.2) is 6.61 Å². The van der Waals surface area contributed by atoms with E-state index >= 15 is 0 Å². The summed E-state index contributed by atoms with van der Waals surface area (Å²) in [5.41, 5.74) is 7.22. The lowest BCUT2D eigenvalue weighted by molar-refractivity contribution is -0.123. The number of amides is 2. The summed E-state index contributed by atoms with van der Waals surface area (Å²) in [6.45, 7) is 3.62. The van der Waals surface area contributed by atoms with Crippen LogP contribution in [0.4, 0.5) is 4.39 Å². The first kappa shape index (κ1) is 17.5. The zero-order valence-corrected chi connectivity index (χ0v) is 14.4. The predicted molar refractivity (Wildman–Crippen MR) is 95.3 cm³/mol. The second-order valence-corrected chi connectivity index (χ2v) is 6.00. The Morgan fingerprint density at radius 1 is 1.08 bits per heavy atom. The number of aromatic amines is 1. The summed E-state index contributed by atoms with van der Waals surface area (Å²) in [5, 5.41) is 0.308. The third kappa shape index (κ3) is 4.00. The highest BCUT2D eigenvalue weighted by molar-refractivity contribution is 5.98. The first-order chi connectivity index (χ1) is 12.4. The van der Waals surface area contributed by atoms with Gasteiger partial charge in [0.05, 0.1) is 0 Å². The molecule has 0 bridgehead atoms. The molecule has 3 rings (SSSR count). The molecular weight excluding hydrogens is 337 g/mol. The van der Waals surface area contributed by atoms with Crippen molar-refractivity contribution < 1.29 is 18.7 Å². The normalized spacial score (nSPS) is 10.6. The van der Waals surface area contributed by atoms with Crippen molar-refractivity contribution in [3.05, 3.63) is 65.1 Å². The van der Waals surface area contributed by atoms with E-state index in [0.717, 1.165) is 11.1 Å². The minimum absolute atomic E-state index is 0.139. The van der Waals surface area contributed by atoms with Crippen LogP contribution in [0.15, 0.2) is 42.5 Å². The number of rotatable bonds is 4. The summed E-state index contributed by atoms with van der Waals surface area (Å²) in [6.07, 6.45) is 0. The summed E-state index contributed by atoms with van der Waals surface area (Å²) in [6, 6.07) is 11.5. The average Bonchev–Trinajstić information content (AvgIpc) is 3.03. The SMILES string of the molecule is Cc1cc(C)cc(OCC(=O)NNC(=O)c2cc3c(F)cccc3[nH]2)c1. The number of H-pyrrole nitrogens is 1. The maximum atomic E-state index is 13.7. The van der Waals surface area contributed by atoms with Gasteiger partial charge in [0.2, 0.25) is 0 Å². The van der Waals surface area contributed by atoms with E-state index in [4.69, 9.17) is 4.74 Å². The molecular formula is C19H18FN3O3. The van der Waals surface area contributed by atoms with Gasteiger partial charge in [0.25, 0.3) is 11.8 Å². The van der Waals surface area contributed by atoms with Crippen molar-refractivity contribution in [2.45, 2.75) is 13.8 Å². The number of benzene rings is 2. The maximum Gasteiger partial charge on any atom is 0.286 e. The Kier molecular flexibility index (Phi) is 4.88. The molecule has 2 amide bonds. The van der Waals surface area contributed by atoms with Gasteiger partial charge in [0, 0.05) is 10.9 Å². The molecule has 26 heavy (non-hydrogen) atoms. The van der Waals surface area contributed by atoms with Crippen LogP contribution in [0.3, 0.4) is 0 Å². The number of ether oxygens (including phenoxy) is 1. The van der Waals surface area contributed by atoms with Gasteiger partial charge >= 0.3 is 0 Å². The van der Waals surface area contributed by atoms with E-state index in [1.807, 2.05) is 32.0 Å². The van der Waals surface area contributed by atoms with Crippen molar-refractivity contribution in [2.24, 2.45) is 0 Å². The van der Waals surface area contributed by atoms with Crippen LogP contribution in [-0.4, -0.2) is 23.4 Å². The Labute approximate surface area is 149 Å². The Hall–Kier alpha value is -3.35. The highest BCUT2D eigenvalue weighted by atomic mass is 19.1. The van der Waals surface area contributed by atoms with E-state index in [2.05, 4.69) is 15.8 Å². The molecule has 0 saturated carbocycles. The van der Waals surface area contributed by atoms with Gasteiger partial charge in [-0.15, -0.1) is 0 Å². The van der Waals surface area contributed by atoms with Crippen LogP contribution < -0.4 is 15.6 Å². The molecule has 0 spiro atoms. The Balaban J connectivity index is 1.55. The van der Waals surface area contributed by atoms with Crippen molar-refractivity contribution in [1.29, 1.82) is 0 Å². The smallest absolute Gasteiger partial charge is 0.286 e. The van der Waals surface area contributed by atoms with Gasteiger partial charge in [-0.2, -0.15) is 0 Å². The summed E-state index contributed by atoms with van der Waals surface area (Å²) in [7, 11) is 0. The molecule has 0 unspecified atom stereocenters. The largest absolute Gasteiger partial charge is 0.484 e. The summed E-state index contributed by atoms with van der Waals surface area (Å²) < 4.78 is 19.1. The van der Waals surface area contributed by atoms with Gasteiger partial charge in [-0.3, -0.25) is 20.4 Å². The van der Waals surface area contributed by atoms with Gasteiger partial charge in [-0.25, -0.2) is 4.39 Å². The fourth-order valence-electron chi connectivity index (χ4n) is 2.64. The number of hydrogen-bond donors (Lipinski definition) is 3. The monoisotopic (exact) mass is 355 g/mol. The highest BCUT2D eigenvalue weighted by Crippen LogP contribution is 2.18. The van der Waals surface area contributed by atoms with E-state index in [1.54, 1.807) is 12.1 Å². The molecule has 0 saturated heterocycles. The van der Waals surface area contributed by atoms with Crippen LogP contribution >= 0.6 is 0 Å². The van der Waals surface area contributed by atoms with Crippen LogP contribution in [0.2, 0.25) is 0 Å². The molecule has 1 heterocycles. The van der Waals surface area contributed by atoms with E-state index in [-0.39, 0.29) is 12.3 Å². The van der Waals surface area contributed by atoms with Crippen LogP contribution in [0.1, 0.15) is 21.6 Å². The van der Waals surface area contributed by atoms with E-state index in [9.17, 15) is 14.0 Å². The van der Waals surface area contributed by atoms with E-state index < -0.39 is 17.6 Å². The fourth-order valence-corrected chi connectivity index (χ4v) is 2.64. The third-order valence-corrected chi connectivity index (χ3v) is 3.74. The quantitative estimate of drug-likeness (QED) is 0.629. The standard InChI is InChI=1S/C19H18FN3O3/c1-11-6-12(2)8-13(7-11)26-10-18(24)22-23-19(25)17-9-14-15(20)4-3-5-16(14)21-17/h3-9,21H,10H2,1-2H3,(H,22,24)(H,23,25). The first-order valence-electron chi connectivity index (χ1n) is 8.00. The fraction of sp³-hybridized carbons (Fsp3) is 0.158. The van der Waals surface area contributed by atoms with Crippen molar-refractivity contribution in [3.8, 4) is 5.75 Å². The topological polar surface area (TPSA) is 83.2 Å². The van der Waals surface area contributed by atoms with Crippen LogP contribution in [0.5, 0.6) is 5.75 Å². The number of nitrogens with one attached hydrogen (secondary N) is 3. The molecule has 0 aliphatic heterocycles. The van der Waals surface area contributed by atoms with Gasteiger partial charge in [-0.1, -0.05) is 12.1 Å². The third-order valence-electron chi connectivity index (χ3n) is 3.74. The minimum atomic E-state index is -0.583. The average molecular weight is 355 g/mol. The van der Waals surface area contributed by atoms with Crippen LogP contribution in [-0.2, 0) is 4.79 Å². The molecule has 0 fully saturated rings. The lowest BCUT2D eigenvalue weighted by Gasteiger charge is -2.09. The number of fused-ring (bicyclic) bond motifs is 1. The van der Waals surface area contributed by atoms with Crippen LogP contribution in [0.25, 0.3) is 10.9 Å². The van der Waals surface area contributed by atoms with Gasteiger partial charge in [0.1, 0.15) is 17.3 Å². The van der Waals surface area contributed by atoms with Crippen LogP contribution in [0, 0.1) is 19.7 Å². The Bertz CT molecular complexity index is 961. The number of carbonyl (C=O) groups excluding carboxylic acids is 2. The number of aryl methyl sites for hydroxylation is 2. The van der Waals surface area contributed by atoms with Crippen molar-refractivity contribution in [1.82, 2.24) is 15.8 Å². The second kappa shape index (κ2) is 7.26. The molecule has 3 aromatic rings. The molecule has 6 nitrogen and oxygen atoms in total. The molecule has 1 aromatic heterocycles. The second-order valence-electron chi connectivity index (χ2n) is 6.00. The maximum absolute atomic E-state index is 13.7. The minimum Gasteiger partial charge on any atom is -0.484 e. The summed E-state index contributed by atoms with van der Waals surface area (Å²) in [4.78, 5) is 26.7. The lowest BCUT2D eigenvalue weighted by Crippen LogP contribution is -2.43. The zero-order valence-electron chi connectivity index (χ0n) is 14.4. The Morgan fingerprint density at radius 2 is 1.81 bits per heavy atom. The first-order valence-corrected chi connectivity index (χ1v) is 8.00. The summed E-state index contributed by atoms with van der Waals surface area (Å²) in [5.74, 6) is -0.945. The molecule has 0 aliphatic rings. The lowest BCUT2D eigenvalue weighted by atomic mass is 10.1. The molecule has 0 atom stereocenters. The van der Waals surface area contributed by atoms with Gasteiger partial charge in [-0.05, 0) is 55.3 Å². The van der Waals surface area contributed by atoms with Gasteiger partial charge < -0.3 is 9.72 Å². The van der Waals surface area contributed by atoms with Crippen molar-refractivity contribution in [3.63, 3.8) is 0 Å². The predicted octanol–water partition coefficient (Wildman–Crippen LogP) is 2.76.